The number of quaternary nitrogens is 1. The third-order valence-corrected chi connectivity index (χ3v) is 7.70. The van der Waals surface area contributed by atoms with Crippen LogP contribution in [0, 0.1) is 20.8 Å². The molecule has 0 radical (unpaired) electrons. The maximum absolute atomic E-state index is 13.1. The lowest BCUT2D eigenvalue weighted by atomic mass is 10.1. The molecule has 1 heterocycles. The van der Waals surface area contributed by atoms with Crippen LogP contribution in [0.4, 0.5) is 0 Å². The average molecular weight is 381 g/mol. The molecule has 1 aromatic carbocycles. The summed E-state index contributed by atoms with van der Waals surface area (Å²) < 4.78 is 27.9. The zero-order chi connectivity index (χ0) is 19.1. The Bertz CT molecular complexity index is 771. The van der Waals surface area contributed by atoms with Gasteiger partial charge < -0.3 is 10.2 Å². The van der Waals surface area contributed by atoms with E-state index in [9.17, 15) is 13.2 Å². The molecule has 1 saturated heterocycles. The molecule has 1 atom stereocenters. The summed E-state index contributed by atoms with van der Waals surface area (Å²) in [5.41, 5.74) is 2.67. The summed E-state index contributed by atoms with van der Waals surface area (Å²) in [6.07, 6.45) is 2.16. The van der Waals surface area contributed by atoms with Gasteiger partial charge >= 0.3 is 0 Å². The van der Waals surface area contributed by atoms with E-state index in [-0.39, 0.29) is 11.9 Å². The van der Waals surface area contributed by atoms with E-state index in [1.165, 1.54) is 0 Å². The van der Waals surface area contributed by atoms with Gasteiger partial charge in [-0.15, -0.1) is 0 Å². The lowest BCUT2D eigenvalue weighted by Crippen LogP contribution is -3.19. The van der Waals surface area contributed by atoms with Crippen LogP contribution in [0.3, 0.4) is 0 Å². The standard InChI is InChI=1S/C19H29N3O3S/c1-13-11-14(2)18(15(3)12-13)26(24,25)22-9-7-21(8-10-22)16(4)19(23)20-17-5-6-17/h11-12,16-17H,5-10H2,1-4H3,(H,20,23)/p+1/t16-/m0/s1. The number of aryl methyl sites for hydroxylation is 3. The highest BCUT2D eigenvalue weighted by atomic mass is 32.2. The summed E-state index contributed by atoms with van der Waals surface area (Å²) in [6, 6.07) is 4.07. The highest BCUT2D eigenvalue weighted by molar-refractivity contribution is 7.89. The summed E-state index contributed by atoms with van der Waals surface area (Å²) in [4.78, 5) is 13.8. The average Bonchev–Trinajstić information content (AvgIpc) is 3.37. The fourth-order valence-electron chi connectivity index (χ4n) is 3.89. The number of benzene rings is 1. The van der Waals surface area contributed by atoms with Crippen molar-refractivity contribution >= 4 is 15.9 Å². The van der Waals surface area contributed by atoms with Gasteiger partial charge in [-0.1, -0.05) is 17.7 Å². The maximum Gasteiger partial charge on any atom is 0.278 e. The molecule has 0 spiro atoms. The SMILES string of the molecule is Cc1cc(C)c(S(=O)(=O)N2CC[NH+]([C@@H](C)C(=O)NC3CC3)CC2)c(C)c1. The fraction of sp³-hybridized carbons (Fsp3) is 0.632. The lowest BCUT2D eigenvalue weighted by molar-refractivity contribution is -0.917. The second-order valence-electron chi connectivity index (χ2n) is 7.79. The number of piperazine rings is 1. The van der Waals surface area contributed by atoms with Crippen molar-refractivity contribution in [3.63, 3.8) is 0 Å². The summed E-state index contributed by atoms with van der Waals surface area (Å²) in [5, 5.41) is 3.05. The Hall–Kier alpha value is -1.44. The van der Waals surface area contributed by atoms with Crippen molar-refractivity contribution in [3.8, 4) is 0 Å². The Morgan fingerprint density at radius 3 is 2.19 bits per heavy atom. The quantitative estimate of drug-likeness (QED) is 0.765. The van der Waals surface area contributed by atoms with E-state index in [2.05, 4.69) is 5.32 Å². The van der Waals surface area contributed by atoms with Gasteiger partial charge in [-0.2, -0.15) is 4.31 Å². The Morgan fingerprint density at radius 1 is 1.15 bits per heavy atom. The van der Waals surface area contributed by atoms with Crippen LogP contribution in [0.5, 0.6) is 0 Å². The number of rotatable bonds is 5. The molecule has 2 fully saturated rings. The first-order chi connectivity index (χ1) is 12.2. The molecular weight excluding hydrogens is 350 g/mol. The molecule has 1 aromatic rings. The van der Waals surface area contributed by atoms with E-state index in [4.69, 9.17) is 0 Å². The highest BCUT2D eigenvalue weighted by Gasteiger charge is 2.36. The first kappa shape index (κ1) is 19.3. The van der Waals surface area contributed by atoms with Gasteiger partial charge in [0.1, 0.15) is 0 Å². The molecule has 3 rings (SSSR count). The first-order valence-corrected chi connectivity index (χ1v) is 10.9. The number of nitrogens with one attached hydrogen (secondary N) is 2. The lowest BCUT2D eigenvalue weighted by Gasteiger charge is -2.34. The Balaban J connectivity index is 1.68. The van der Waals surface area contributed by atoms with Crippen LogP contribution in [0.2, 0.25) is 0 Å². The van der Waals surface area contributed by atoms with Crippen LogP contribution in [0.15, 0.2) is 17.0 Å². The molecule has 0 aromatic heterocycles. The van der Waals surface area contributed by atoms with E-state index in [1.807, 2.05) is 39.8 Å². The largest absolute Gasteiger partial charge is 0.348 e. The van der Waals surface area contributed by atoms with Gasteiger partial charge in [0.25, 0.3) is 5.91 Å². The fourth-order valence-corrected chi connectivity index (χ4v) is 5.74. The van der Waals surface area contributed by atoms with Gasteiger partial charge in [-0.05, 0) is 51.7 Å². The van der Waals surface area contributed by atoms with E-state index in [0.29, 0.717) is 37.1 Å². The van der Waals surface area contributed by atoms with Crippen LogP contribution < -0.4 is 10.2 Å². The zero-order valence-corrected chi connectivity index (χ0v) is 16.9. The second kappa shape index (κ2) is 7.29. The van der Waals surface area contributed by atoms with E-state index in [1.54, 1.807) is 4.31 Å². The molecule has 26 heavy (non-hydrogen) atoms. The van der Waals surface area contributed by atoms with Crippen LogP contribution in [-0.2, 0) is 14.8 Å². The van der Waals surface area contributed by atoms with Gasteiger partial charge in [0.15, 0.2) is 6.04 Å². The van der Waals surface area contributed by atoms with Crippen LogP contribution in [0.1, 0.15) is 36.5 Å². The van der Waals surface area contributed by atoms with Crippen molar-refractivity contribution < 1.29 is 18.1 Å². The van der Waals surface area contributed by atoms with Gasteiger partial charge in [0, 0.05) is 6.04 Å². The monoisotopic (exact) mass is 380 g/mol. The molecule has 1 aliphatic heterocycles. The number of hydrogen-bond donors (Lipinski definition) is 2. The van der Waals surface area contributed by atoms with Crippen molar-refractivity contribution in [1.82, 2.24) is 9.62 Å². The third kappa shape index (κ3) is 3.94. The molecule has 2 aliphatic rings. The smallest absolute Gasteiger partial charge is 0.278 e. The highest BCUT2D eigenvalue weighted by Crippen LogP contribution is 2.25. The van der Waals surface area contributed by atoms with Crippen LogP contribution in [-0.4, -0.2) is 56.9 Å². The minimum Gasteiger partial charge on any atom is -0.348 e. The number of carbonyl (C=O) groups excluding carboxylic acids is 1. The summed E-state index contributed by atoms with van der Waals surface area (Å²) in [5.74, 6) is 0.0871. The Labute approximate surface area is 156 Å². The predicted molar refractivity (Wildman–Crippen MR) is 101 cm³/mol. The van der Waals surface area contributed by atoms with E-state index < -0.39 is 10.0 Å². The Morgan fingerprint density at radius 2 is 1.69 bits per heavy atom. The zero-order valence-electron chi connectivity index (χ0n) is 16.1. The van der Waals surface area contributed by atoms with Gasteiger partial charge in [0.05, 0.1) is 31.1 Å². The van der Waals surface area contributed by atoms with Gasteiger partial charge in [-0.3, -0.25) is 4.79 Å². The third-order valence-electron chi connectivity index (χ3n) is 5.50. The molecule has 1 aliphatic carbocycles. The molecule has 0 bridgehead atoms. The first-order valence-electron chi connectivity index (χ1n) is 9.43. The Kier molecular flexibility index (Phi) is 5.42. The number of sulfonamides is 1. The van der Waals surface area contributed by atoms with Crippen molar-refractivity contribution in [1.29, 1.82) is 0 Å². The van der Waals surface area contributed by atoms with Gasteiger partial charge in [-0.25, -0.2) is 8.42 Å². The number of amides is 1. The number of carbonyl (C=O) groups is 1. The van der Waals surface area contributed by atoms with Crippen molar-refractivity contribution in [2.45, 2.75) is 57.5 Å². The minimum atomic E-state index is -3.50. The van der Waals surface area contributed by atoms with Crippen LogP contribution >= 0.6 is 0 Å². The molecule has 144 valence electrons. The van der Waals surface area contributed by atoms with Crippen LogP contribution in [0.25, 0.3) is 0 Å². The van der Waals surface area contributed by atoms with E-state index in [0.717, 1.165) is 34.4 Å². The molecule has 2 N–H and O–H groups in total. The second-order valence-corrected chi connectivity index (χ2v) is 9.67. The van der Waals surface area contributed by atoms with E-state index >= 15 is 0 Å². The maximum atomic E-state index is 13.1. The minimum absolute atomic E-state index is 0.0871. The summed E-state index contributed by atoms with van der Waals surface area (Å²) in [7, 11) is -3.50. The number of hydrogen-bond acceptors (Lipinski definition) is 3. The van der Waals surface area contributed by atoms with Crippen molar-refractivity contribution in [3.05, 3.63) is 28.8 Å². The molecule has 1 saturated carbocycles. The summed E-state index contributed by atoms with van der Waals surface area (Å²) >= 11 is 0. The topological polar surface area (TPSA) is 70.9 Å². The summed E-state index contributed by atoms with van der Waals surface area (Å²) in [6.45, 7) is 9.84. The molecule has 1 amide bonds. The van der Waals surface area contributed by atoms with Crippen molar-refractivity contribution in [2.75, 3.05) is 26.2 Å². The molecule has 0 unspecified atom stereocenters. The molecule has 6 nitrogen and oxygen atoms in total. The normalized spacial score (nSPS) is 20.8. The van der Waals surface area contributed by atoms with Gasteiger partial charge in [0.2, 0.25) is 10.0 Å². The predicted octanol–water partition coefficient (Wildman–Crippen LogP) is 0.168. The molecular formula is C19H30N3O3S+. The number of nitrogens with zero attached hydrogens (tertiary/aromatic N) is 1. The van der Waals surface area contributed by atoms with Crippen molar-refractivity contribution in [2.24, 2.45) is 0 Å². The molecule has 7 heteroatoms.